The van der Waals surface area contributed by atoms with E-state index in [0.29, 0.717) is 18.1 Å². The first-order valence-corrected chi connectivity index (χ1v) is 7.90. The molecule has 1 aromatic carbocycles. The van der Waals surface area contributed by atoms with Gasteiger partial charge in [0.05, 0.1) is 5.92 Å². The highest BCUT2D eigenvalue weighted by molar-refractivity contribution is 6.30. The average molecular weight is 319 g/mol. The molecule has 2 rings (SSSR count). The summed E-state index contributed by atoms with van der Waals surface area (Å²) >= 11 is 5.87. The van der Waals surface area contributed by atoms with Crippen LogP contribution in [0.15, 0.2) is 48.8 Å². The summed E-state index contributed by atoms with van der Waals surface area (Å²) in [6.07, 6.45) is 3.56. The molecule has 1 N–H and O–H groups in total. The van der Waals surface area contributed by atoms with Crippen LogP contribution < -0.4 is 5.32 Å². The summed E-state index contributed by atoms with van der Waals surface area (Å²) in [6.45, 7) is 6.92. The van der Waals surface area contributed by atoms with Crippen molar-refractivity contribution >= 4 is 17.4 Å². The van der Waals surface area contributed by atoms with Gasteiger partial charge in [0, 0.05) is 30.5 Å². The van der Waals surface area contributed by atoms with Gasteiger partial charge in [-0.25, -0.2) is 0 Å². The van der Waals surface area contributed by atoms with Crippen LogP contribution in [0.3, 0.4) is 0 Å². The van der Waals surface area contributed by atoms with Crippen molar-refractivity contribution in [3.05, 3.63) is 64.9 Å². The Balaban J connectivity index is 0.00000116. The Kier molecular flexibility index (Phi) is 8.41. The lowest BCUT2D eigenvalue weighted by Crippen LogP contribution is -2.25. The summed E-state index contributed by atoms with van der Waals surface area (Å²) in [4.78, 5) is 15.9. The van der Waals surface area contributed by atoms with Crippen molar-refractivity contribution in [1.82, 2.24) is 10.3 Å². The maximum absolute atomic E-state index is 11.8. The first-order chi connectivity index (χ1) is 10.7. The van der Waals surface area contributed by atoms with Crippen molar-refractivity contribution in [2.45, 2.75) is 33.2 Å². The molecule has 1 atom stereocenters. The molecule has 1 heterocycles. The van der Waals surface area contributed by atoms with Crippen LogP contribution in [0.4, 0.5) is 0 Å². The van der Waals surface area contributed by atoms with Crippen LogP contribution in [0.1, 0.15) is 37.8 Å². The third-order valence-corrected chi connectivity index (χ3v) is 3.42. The quantitative estimate of drug-likeness (QED) is 0.867. The number of Topliss-reactive ketones (excluding diaryl/α,β-unsaturated/α-hetero) is 1. The Morgan fingerprint density at radius 2 is 1.91 bits per heavy atom. The van der Waals surface area contributed by atoms with Gasteiger partial charge >= 0.3 is 0 Å². The number of carbonyl (C=O) groups excluding carboxylic acids is 1. The summed E-state index contributed by atoms with van der Waals surface area (Å²) in [7, 11) is 0. The van der Waals surface area contributed by atoms with Crippen molar-refractivity contribution < 1.29 is 4.79 Å². The summed E-state index contributed by atoms with van der Waals surface area (Å²) in [5.41, 5.74) is 2.09. The lowest BCUT2D eigenvalue weighted by Gasteiger charge is -2.15. The molecule has 118 valence electrons. The highest BCUT2D eigenvalue weighted by Gasteiger charge is 2.16. The number of aromatic nitrogens is 1. The second-order valence-corrected chi connectivity index (χ2v) is 5.14. The smallest absolute Gasteiger partial charge is 0.138 e. The molecule has 0 saturated carbocycles. The minimum atomic E-state index is -0.149. The number of carbonyl (C=O) groups is 1. The summed E-state index contributed by atoms with van der Waals surface area (Å²) in [6, 6.07) is 11.3. The van der Waals surface area contributed by atoms with Gasteiger partial charge in [-0.15, -0.1) is 0 Å². The van der Waals surface area contributed by atoms with E-state index in [1.54, 1.807) is 13.1 Å². The number of halogens is 1. The Labute approximate surface area is 137 Å². The van der Waals surface area contributed by atoms with E-state index in [-0.39, 0.29) is 11.7 Å². The highest BCUT2D eigenvalue weighted by Crippen LogP contribution is 2.19. The molecule has 0 saturated heterocycles. The molecule has 0 aliphatic heterocycles. The van der Waals surface area contributed by atoms with E-state index in [9.17, 15) is 4.79 Å². The molecule has 22 heavy (non-hydrogen) atoms. The number of hydrogen-bond acceptors (Lipinski definition) is 3. The van der Waals surface area contributed by atoms with Crippen LogP contribution in [0.5, 0.6) is 0 Å². The van der Waals surface area contributed by atoms with E-state index in [1.165, 1.54) is 0 Å². The zero-order valence-electron chi connectivity index (χ0n) is 13.3. The average Bonchev–Trinajstić information content (AvgIpc) is 2.55. The second kappa shape index (κ2) is 10.1. The third kappa shape index (κ3) is 5.96. The van der Waals surface area contributed by atoms with Gasteiger partial charge in [-0.3, -0.25) is 9.78 Å². The van der Waals surface area contributed by atoms with Crippen LogP contribution in [-0.2, 0) is 11.3 Å². The van der Waals surface area contributed by atoms with Crippen LogP contribution in [0.25, 0.3) is 0 Å². The van der Waals surface area contributed by atoms with E-state index in [2.05, 4.69) is 10.3 Å². The zero-order valence-corrected chi connectivity index (χ0v) is 14.1. The van der Waals surface area contributed by atoms with Crippen LogP contribution in [0.2, 0.25) is 5.02 Å². The number of nitrogens with one attached hydrogen (secondary N) is 1. The summed E-state index contributed by atoms with van der Waals surface area (Å²) in [5, 5.41) is 3.98. The van der Waals surface area contributed by atoms with Crippen LogP contribution in [0, 0.1) is 0 Å². The van der Waals surface area contributed by atoms with Gasteiger partial charge in [0.25, 0.3) is 0 Å². The Morgan fingerprint density at radius 3 is 2.45 bits per heavy atom. The van der Waals surface area contributed by atoms with Crippen molar-refractivity contribution in [3.63, 3.8) is 0 Å². The largest absolute Gasteiger partial charge is 0.312 e. The highest BCUT2D eigenvalue weighted by atomic mass is 35.5. The molecule has 1 unspecified atom stereocenters. The van der Waals surface area contributed by atoms with Crippen molar-refractivity contribution in [2.24, 2.45) is 0 Å². The predicted molar refractivity (Wildman–Crippen MR) is 92.2 cm³/mol. The number of pyridine rings is 1. The van der Waals surface area contributed by atoms with E-state index in [0.717, 1.165) is 11.1 Å². The fraction of sp³-hybridized carbons (Fsp3) is 0.333. The normalized spacial score (nSPS) is 11.3. The Hall–Kier alpha value is -1.71. The molecule has 2 aromatic rings. The molecule has 0 radical (unpaired) electrons. The third-order valence-electron chi connectivity index (χ3n) is 3.16. The fourth-order valence-electron chi connectivity index (χ4n) is 2.05. The molecule has 4 heteroatoms. The number of rotatable bonds is 6. The molecule has 0 amide bonds. The summed E-state index contributed by atoms with van der Waals surface area (Å²) < 4.78 is 0. The number of hydrogen-bond donors (Lipinski definition) is 1. The lowest BCUT2D eigenvalue weighted by atomic mass is 9.95. The first kappa shape index (κ1) is 18.3. The second-order valence-electron chi connectivity index (χ2n) is 4.71. The van der Waals surface area contributed by atoms with Gasteiger partial charge in [0.2, 0.25) is 0 Å². The van der Waals surface area contributed by atoms with E-state index in [1.807, 2.05) is 56.4 Å². The molecule has 0 aliphatic rings. The Bertz CT molecular complexity index is 555. The molecule has 3 nitrogen and oxygen atoms in total. The minimum absolute atomic E-state index is 0.144. The van der Waals surface area contributed by atoms with Gasteiger partial charge < -0.3 is 5.32 Å². The Morgan fingerprint density at radius 1 is 1.23 bits per heavy atom. The monoisotopic (exact) mass is 318 g/mol. The molecular weight excluding hydrogens is 296 g/mol. The van der Waals surface area contributed by atoms with Crippen molar-refractivity contribution in [1.29, 1.82) is 0 Å². The van der Waals surface area contributed by atoms with Gasteiger partial charge in [-0.2, -0.15) is 0 Å². The molecule has 0 fully saturated rings. The minimum Gasteiger partial charge on any atom is -0.312 e. The fourth-order valence-corrected chi connectivity index (χ4v) is 2.18. The number of nitrogens with zero attached hydrogens (tertiary/aromatic N) is 1. The topological polar surface area (TPSA) is 42.0 Å². The van der Waals surface area contributed by atoms with Crippen LogP contribution in [-0.4, -0.2) is 17.3 Å². The number of benzene rings is 1. The SMILES string of the molecule is CC.CC(=O)C(CNCc1cccnc1)c1ccc(Cl)cc1. The van der Waals surface area contributed by atoms with Crippen molar-refractivity contribution in [2.75, 3.05) is 6.54 Å². The predicted octanol–water partition coefficient (Wildman–Crippen LogP) is 4.22. The van der Waals surface area contributed by atoms with E-state index >= 15 is 0 Å². The van der Waals surface area contributed by atoms with E-state index in [4.69, 9.17) is 11.6 Å². The lowest BCUT2D eigenvalue weighted by molar-refractivity contribution is -0.118. The van der Waals surface area contributed by atoms with E-state index < -0.39 is 0 Å². The van der Waals surface area contributed by atoms with Crippen molar-refractivity contribution in [3.8, 4) is 0 Å². The van der Waals surface area contributed by atoms with Gasteiger partial charge in [-0.05, 0) is 36.2 Å². The van der Waals surface area contributed by atoms with Gasteiger partial charge in [-0.1, -0.05) is 43.6 Å². The standard InChI is InChI=1S/C16H17ClN2O.C2H6/c1-12(20)16(14-4-6-15(17)7-5-14)11-19-10-13-3-2-8-18-9-13;1-2/h2-9,16,19H,10-11H2,1H3;1-2H3. The summed E-state index contributed by atoms with van der Waals surface area (Å²) in [5.74, 6) is -0.00468. The zero-order chi connectivity index (χ0) is 16.4. The van der Waals surface area contributed by atoms with Gasteiger partial charge in [0.15, 0.2) is 0 Å². The maximum Gasteiger partial charge on any atom is 0.138 e. The maximum atomic E-state index is 11.8. The first-order valence-electron chi connectivity index (χ1n) is 7.52. The molecule has 0 bridgehead atoms. The van der Waals surface area contributed by atoms with Crippen LogP contribution >= 0.6 is 11.6 Å². The molecule has 1 aromatic heterocycles. The molecular formula is C18H23ClN2O. The van der Waals surface area contributed by atoms with Gasteiger partial charge in [0.1, 0.15) is 5.78 Å². The molecule has 0 spiro atoms. The molecule has 0 aliphatic carbocycles. The number of ketones is 1.